The minimum Gasteiger partial charge on any atom is -0.380 e. The van der Waals surface area contributed by atoms with Crippen molar-refractivity contribution in [2.24, 2.45) is 11.3 Å². The Balaban J connectivity index is 1.25. The summed E-state index contributed by atoms with van der Waals surface area (Å²) in [5.74, 6) is 0.899. The van der Waals surface area contributed by atoms with Crippen molar-refractivity contribution in [1.82, 2.24) is 9.80 Å². The molecule has 4 aliphatic rings. The molecule has 0 aromatic rings. The van der Waals surface area contributed by atoms with E-state index in [1.165, 1.54) is 71.0 Å². The van der Waals surface area contributed by atoms with Gasteiger partial charge in [0.15, 0.2) is 0 Å². The molecule has 4 fully saturated rings. The van der Waals surface area contributed by atoms with Crippen LogP contribution >= 0.6 is 0 Å². The van der Waals surface area contributed by atoms with Gasteiger partial charge < -0.3 is 14.5 Å². The van der Waals surface area contributed by atoms with Gasteiger partial charge in [0, 0.05) is 25.2 Å². The Kier molecular flexibility index (Phi) is 4.01. The van der Waals surface area contributed by atoms with Crippen LogP contribution in [0.1, 0.15) is 51.4 Å². The quantitative estimate of drug-likeness (QED) is 0.775. The first kappa shape index (κ1) is 14.5. The number of likely N-dealkylation sites (tertiary alicyclic amines) is 2. The second kappa shape index (κ2) is 5.82. The Morgan fingerprint density at radius 3 is 2.43 bits per heavy atom. The van der Waals surface area contributed by atoms with Crippen LogP contribution in [0.15, 0.2) is 0 Å². The van der Waals surface area contributed by atoms with Crippen LogP contribution in [-0.2, 0) is 4.74 Å². The maximum atomic E-state index is 5.98. The van der Waals surface area contributed by atoms with Gasteiger partial charge >= 0.3 is 0 Å². The molecular formula is C18H32N2O. The third kappa shape index (κ3) is 3.16. The van der Waals surface area contributed by atoms with E-state index in [-0.39, 0.29) is 0 Å². The molecule has 2 saturated carbocycles. The highest BCUT2D eigenvalue weighted by Gasteiger charge is 2.45. The van der Waals surface area contributed by atoms with Crippen molar-refractivity contribution in [2.75, 3.05) is 39.9 Å². The third-order valence-electron chi connectivity index (χ3n) is 6.69. The predicted molar refractivity (Wildman–Crippen MR) is 85.5 cm³/mol. The number of likely N-dealkylation sites (N-methyl/N-ethyl adjacent to an activating group) is 1. The van der Waals surface area contributed by atoms with Crippen LogP contribution < -0.4 is 0 Å². The zero-order valence-electron chi connectivity index (χ0n) is 13.7. The summed E-state index contributed by atoms with van der Waals surface area (Å²) >= 11 is 0. The number of hydrogen-bond acceptors (Lipinski definition) is 3. The summed E-state index contributed by atoms with van der Waals surface area (Å²) in [7, 11) is 2.32. The Hall–Kier alpha value is -0.120. The van der Waals surface area contributed by atoms with Crippen LogP contribution in [0, 0.1) is 11.3 Å². The first-order chi connectivity index (χ1) is 10.2. The zero-order chi connectivity index (χ0) is 14.3. The summed E-state index contributed by atoms with van der Waals surface area (Å²) in [6.07, 6.45) is 11.4. The van der Waals surface area contributed by atoms with E-state index in [1.54, 1.807) is 0 Å². The van der Waals surface area contributed by atoms with Crippen LogP contribution in [0.25, 0.3) is 0 Å². The molecule has 1 spiro atoms. The van der Waals surface area contributed by atoms with Gasteiger partial charge in [-0.2, -0.15) is 0 Å². The fourth-order valence-corrected chi connectivity index (χ4v) is 4.70. The van der Waals surface area contributed by atoms with Crippen molar-refractivity contribution in [3.63, 3.8) is 0 Å². The highest BCUT2D eigenvalue weighted by atomic mass is 16.5. The summed E-state index contributed by atoms with van der Waals surface area (Å²) in [4.78, 5) is 5.37. The normalized spacial score (nSPS) is 34.4. The topological polar surface area (TPSA) is 15.7 Å². The lowest BCUT2D eigenvalue weighted by molar-refractivity contribution is 0.0468. The molecule has 21 heavy (non-hydrogen) atoms. The Morgan fingerprint density at radius 2 is 1.81 bits per heavy atom. The predicted octanol–water partition coefficient (Wildman–Crippen LogP) is 2.75. The molecule has 2 heterocycles. The summed E-state index contributed by atoms with van der Waals surface area (Å²) in [5.41, 5.74) is 0.614. The lowest BCUT2D eigenvalue weighted by Gasteiger charge is -2.45. The van der Waals surface area contributed by atoms with Crippen molar-refractivity contribution in [2.45, 2.75) is 63.5 Å². The minimum atomic E-state index is 0.614. The largest absolute Gasteiger partial charge is 0.380 e. The number of hydrogen-bond donors (Lipinski definition) is 0. The van der Waals surface area contributed by atoms with Crippen molar-refractivity contribution in [1.29, 1.82) is 0 Å². The van der Waals surface area contributed by atoms with Gasteiger partial charge in [-0.05, 0) is 76.4 Å². The van der Waals surface area contributed by atoms with E-state index >= 15 is 0 Å². The van der Waals surface area contributed by atoms with Crippen LogP contribution in [0.4, 0.5) is 0 Å². The highest BCUT2D eigenvalue weighted by Crippen LogP contribution is 2.44. The highest BCUT2D eigenvalue weighted by molar-refractivity contribution is 4.99. The number of piperidine rings is 1. The lowest BCUT2D eigenvalue weighted by atomic mass is 9.75. The van der Waals surface area contributed by atoms with Gasteiger partial charge in [-0.25, -0.2) is 0 Å². The van der Waals surface area contributed by atoms with E-state index in [2.05, 4.69) is 16.8 Å². The van der Waals surface area contributed by atoms with Gasteiger partial charge in [0.2, 0.25) is 0 Å². The van der Waals surface area contributed by atoms with Crippen molar-refractivity contribution < 1.29 is 4.74 Å². The molecular weight excluding hydrogens is 260 g/mol. The van der Waals surface area contributed by atoms with Gasteiger partial charge in [-0.3, -0.25) is 0 Å². The molecule has 3 heteroatoms. The molecule has 0 N–H and O–H groups in total. The van der Waals surface area contributed by atoms with Gasteiger partial charge in [0.05, 0.1) is 6.61 Å². The van der Waals surface area contributed by atoms with Crippen LogP contribution in [-0.4, -0.2) is 61.8 Å². The molecule has 0 radical (unpaired) electrons. The maximum absolute atomic E-state index is 5.98. The Bertz CT molecular complexity index is 356. The van der Waals surface area contributed by atoms with E-state index in [4.69, 9.17) is 4.74 Å². The Morgan fingerprint density at radius 1 is 1.05 bits per heavy atom. The standard InChI is InChI=1S/C18H32N2O/c1-19-14-18(11-17(19)13-21-12-15-5-6-15)7-9-20(10-8-18)16-3-2-4-16/h15-17H,2-14H2,1H3/t17-/m1/s1. The molecule has 0 aromatic heterocycles. The fourth-order valence-electron chi connectivity index (χ4n) is 4.70. The second-order valence-electron chi connectivity index (χ2n) is 8.37. The van der Waals surface area contributed by atoms with Crippen molar-refractivity contribution in [3.8, 4) is 0 Å². The van der Waals surface area contributed by atoms with Crippen LogP contribution in [0.2, 0.25) is 0 Å². The average molecular weight is 292 g/mol. The zero-order valence-corrected chi connectivity index (χ0v) is 13.7. The average Bonchev–Trinajstić information content (AvgIpc) is 3.17. The first-order valence-electron chi connectivity index (χ1n) is 9.26. The molecule has 120 valence electrons. The van der Waals surface area contributed by atoms with Crippen LogP contribution in [0.3, 0.4) is 0 Å². The maximum Gasteiger partial charge on any atom is 0.0622 e. The van der Waals surface area contributed by atoms with Crippen molar-refractivity contribution in [3.05, 3.63) is 0 Å². The molecule has 1 atom stereocenters. The van der Waals surface area contributed by atoms with Crippen LogP contribution in [0.5, 0.6) is 0 Å². The van der Waals surface area contributed by atoms with Crippen molar-refractivity contribution >= 4 is 0 Å². The third-order valence-corrected chi connectivity index (χ3v) is 6.69. The minimum absolute atomic E-state index is 0.614. The van der Waals surface area contributed by atoms with E-state index < -0.39 is 0 Å². The molecule has 2 aliphatic heterocycles. The van der Waals surface area contributed by atoms with Gasteiger partial charge in [-0.1, -0.05) is 6.42 Å². The molecule has 2 saturated heterocycles. The van der Waals surface area contributed by atoms with Gasteiger partial charge in [0.25, 0.3) is 0 Å². The molecule has 0 bridgehead atoms. The number of nitrogens with zero attached hydrogens (tertiary/aromatic N) is 2. The Labute approximate surface area is 130 Å². The van der Waals surface area contributed by atoms with E-state index in [0.29, 0.717) is 11.5 Å². The summed E-state index contributed by atoms with van der Waals surface area (Å²) in [6.45, 7) is 6.01. The monoisotopic (exact) mass is 292 g/mol. The molecule has 0 amide bonds. The summed E-state index contributed by atoms with van der Waals surface area (Å²) in [5, 5.41) is 0. The summed E-state index contributed by atoms with van der Waals surface area (Å²) in [6, 6.07) is 1.62. The molecule has 3 nitrogen and oxygen atoms in total. The molecule has 0 aromatic carbocycles. The molecule has 0 unspecified atom stereocenters. The lowest BCUT2D eigenvalue weighted by Crippen LogP contribution is -2.48. The SMILES string of the molecule is CN1CC2(CCN(C3CCC3)CC2)C[C@@H]1COCC1CC1. The van der Waals surface area contributed by atoms with E-state index in [9.17, 15) is 0 Å². The number of rotatable bonds is 5. The molecule has 4 rings (SSSR count). The summed E-state index contributed by atoms with van der Waals surface area (Å²) < 4.78 is 5.98. The molecule has 2 aliphatic carbocycles. The fraction of sp³-hybridized carbons (Fsp3) is 1.00. The van der Waals surface area contributed by atoms with Gasteiger partial charge in [0.1, 0.15) is 0 Å². The second-order valence-corrected chi connectivity index (χ2v) is 8.37. The first-order valence-corrected chi connectivity index (χ1v) is 9.26. The smallest absolute Gasteiger partial charge is 0.0622 e. The van der Waals surface area contributed by atoms with E-state index in [0.717, 1.165) is 25.2 Å². The van der Waals surface area contributed by atoms with Gasteiger partial charge in [-0.15, -0.1) is 0 Å². The number of ether oxygens (including phenoxy) is 1. The van der Waals surface area contributed by atoms with E-state index in [1.807, 2.05) is 0 Å².